The monoisotopic (exact) mass is 487 g/mol. The van der Waals surface area contributed by atoms with E-state index in [4.69, 9.17) is 32.7 Å². The molecule has 0 aliphatic heterocycles. The van der Waals surface area contributed by atoms with Gasteiger partial charge in [0.25, 0.3) is 10.1 Å². The summed E-state index contributed by atoms with van der Waals surface area (Å²) in [5.74, 6) is -0.262. The molecule has 0 spiro atoms. The molecule has 0 radical (unpaired) electrons. The van der Waals surface area contributed by atoms with Crippen LogP contribution in [0.15, 0.2) is 41.4 Å². The number of unbranched alkanes of at least 4 members (excludes halogenated alkanes) is 1. The molecular weight excluding hydrogens is 473 g/mol. The van der Waals surface area contributed by atoms with Crippen LogP contribution in [0.1, 0.15) is 12.8 Å². The van der Waals surface area contributed by atoms with Gasteiger partial charge in [0.2, 0.25) is 5.13 Å². The Balaban J connectivity index is 1.74. The topological polar surface area (TPSA) is 84.5 Å². The molecule has 2 aromatic carbocycles. The van der Waals surface area contributed by atoms with Crippen LogP contribution in [-0.2, 0) is 16.7 Å². The minimum atomic E-state index is -3.96. The molecule has 29 heavy (non-hydrogen) atoms. The normalized spacial score (nSPS) is 13.0. The molecule has 152 valence electrons. The van der Waals surface area contributed by atoms with E-state index in [0.29, 0.717) is 34.6 Å². The number of hydrogen-bond acceptors (Lipinski definition) is 6. The molecule has 1 N–H and O–H groups in total. The minimum absolute atomic E-state index is 0.262. The second kappa shape index (κ2) is 8.33. The summed E-state index contributed by atoms with van der Waals surface area (Å²) >= 11 is 15.2. The lowest BCUT2D eigenvalue weighted by Crippen LogP contribution is -2.15. The van der Waals surface area contributed by atoms with Crippen LogP contribution in [0.2, 0.25) is 10.0 Å². The Morgan fingerprint density at radius 1 is 1.03 bits per heavy atom. The third kappa shape index (κ3) is 4.99. The molecule has 0 aliphatic rings. The number of thiazole rings is 2. The van der Waals surface area contributed by atoms with Crippen LogP contribution in [0.3, 0.4) is 0 Å². The molecule has 11 heteroatoms. The van der Waals surface area contributed by atoms with E-state index in [1.54, 1.807) is 6.07 Å². The maximum Gasteiger partial charge on any atom is 0.264 e. The highest BCUT2D eigenvalue weighted by Gasteiger charge is 2.10. The molecule has 0 bridgehead atoms. The molecule has 0 saturated carbocycles. The zero-order valence-corrected chi connectivity index (χ0v) is 18.8. The number of halogens is 2. The average Bonchev–Trinajstić information content (AvgIpc) is 3.18. The number of benzene rings is 2. The molecular formula is C18H15Cl2N3O3S3. The summed E-state index contributed by atoms with van der Waals surface area (Å²) in [6.07, 6.45) is 0.920. The van der Waals surface area contributed by atoms with Crippen molar-refractivity contribution >= 4 is 81.6 Å². The van der Waals surface area contributed by atoms with Crippen molar-refractivity contribution in [3.05, 3.63) is 51.2 Å². The van der Waals surface area contributed by atoms with Gasteiger partial charge < -0.3 is 4.57 Å². The minimum Gasteiger partial charge on any atom is -0.316 e. The molecule has 0 atom stereocenters. The number of nitrogens with zero attached hydrogens (tertiary/aromatic N) is 3. The van der Waals surface area contributed by atoms with E-state index >= 15 is 0 Å². The predicted molar refractivity (Wildman–Crippen MR) is 120 cm³/mol. The summed E-state index contributed by atoms with van der Waals surface area (Å²) in [6.45, 7) is 0.547. The Bertz CT molecular complexity index is 1370. The van der Waals surface area contributed by atoms with Gasteiger partial charge in [-0.1, -0.05) is 45.9 Å². The Morgan fingerprint density at radius 3 is 2.52 bits per heavy atom. The highest BCUT2D eigenvalue weighted by molar-refractivity contribution is 7.85. The maximum absolute atomic E-state index is 11.0. The number of hydrogen-bond donors (Lipinski definition) is 1. The summed E-state index contributed by atoms with van der Waals surface area (Å²) in [7, 11) is -3.96. The van der Waals surface area contributed by atoms with Crippen molar-refractivity contribution in [1.29, 1.82) is 0 Å². The lowest BCUT2D eigenvalue weighted by atomic mass is 10.3. The Hall–Kier alpha value is -1.49. The van der Waals surface area contributed by atoms with Crippen molar-refractivity contribution in [2.45, 2.75) is 19.4 Å². The van der Waals surface area contributed by atoms with E-state index in [2.05, 4.69) is 4.98 Å². The van der Waals surface area contributed by atoms with E-state index in [9.17, 15) is 8.42 Å². The van der Waals surface area contributed by atoms with Gasteiger partial charge in [0, 0.05) is 16.6 Å². The van der Waals surface area contributed by atoms with Gasteiger partial charge in [-0.25, -0.2) is 4.98 Å². The third-order valence-corrected chi connectivity index (χ3v) is 7.47. The Labute approximate surface area is 184 Å². The fraction of sp³-hybridized carbons (Fsp3) is 0.222. The Kier molecular flexibility index (Phi) is 5.97. The second-order valence-electron chi connectivity index (χ2n) is 6.36. The van der Waals surface area contributed by atoms with Crippen LogP contribution in [0.4, 0.5) is 5.13 Å². The quantitative estimate of drug-likeness (QED) is 0.286. The van der Waals surface area contributed by atoms with Gasteiger partial charge >= 0.3 is 0 Å². The first-order chi connectivity index (χ1) is 13.8. The molecule has 0 fully saturated rings. The molecule has 0 saturated heterocycles. The smallest absolute Gasteiger partial charge is 0.264 e. The first kappa shape index (κ1) is 20.8. The molecule has 2 aromatic heterocycles. The predicted octanol–water partition coefficient (Wildman–Crippen LogP) is 5.52. The van der Waals surface area contributed by atoms with Crippen LogP contribution < -0.4 is 4.80 Å². The van der Waals surface area contributed by atoms with E-state index in [0.717, 1.165) is 25.2 Å². The van der Waals surface area contributed by atoms with Gasteiger partial charge in [0.1, 0.15) is 0 Å². The zero-order chi connectivity index (χ0) is 20.6. The van der Waals surface area contributed by atoms with Gasteiger partial charge in [0.15, 0.2) is 4.80 Å². The number of aryl methyl sites for hydroxylation is 1. The standard InChI is InChI=1S/C18H15Cl2N3O3S3/c19-11-3-5-15-13(9-11)21-17(27-15)22-18-23(7-1-2-8-29(24,25)26)14-10-12(20)4-6-16(14)28-18/h3-6,9-10H,1-2,7-8H2,(H,24,25,26). The molecule has 0 amide bonds. The van der Waals surface area contributed by atoms with Gasteiger partial charge in [-0.3, -0.25) is 4.55 Å². The van der Waals surface area contributed by atoms with Crippen LogP contribution >= 0.6 is 45.9 Å². The molecule has 4 aromatic rings. The highest BCUT2D eigenvalue weighted by Crippen LogP contribution is 2.30. The van der Waals surface area contributed by atoms with E-state index < -0.39 is 10.1 Å². The van der Waals surface area contributed by atoms with Crippen molar-refractivity contribution in [2.75, 3.05) is 5.75 Å². The first-order valence-electron chi connectivity index (χ1n) is 8.63. The van der Waals surface area contributed by atoms with E-state index in [1.807, 2.05) is 34.9 Å². The largest absolute Gasteiger partial charge is 0.316 e. The fourth-order valence-corrected chi connectivity index (χ4v) is 5.73. The molecule has 6 nitrogen and oxygen atoms in total. The summed E-state index contributed by atoms with van der Waals surface area (Å²) < 4.78 is 34.9. The average molecular weight is 488 g/mol. The van der Waals surface area contributed by atoms with E-state index in [-0.39, 0.29) is 5.75 Å². The molecule has 2 heterocycles. The second-order valence-corrected chi connectivity index (χ2v) is 10.8. The Morgan fingerprint density at radius 2 is 1.76 bits per heavy atom. The fourth-order valence-electron chi connectivity index (χ4n) is 2.92. The van der Waals surface area contributed by atoms with Crippen LogP contribution in [0.25, 0.3) is 20.4 Å². The van der Waals surface area contributed by atoms with Gasteiger partial charge in [-0.2, -0.15) is 13.4 Å². The lowest BCUT2D eigenvalue weighted by molar-refractivity contribution is 0.478. The zero-order valence-electron chi connectivity index (χ0n) is 14.9. The number of rotatable bonds is 6. The SMILES string of the molecule is O=S(=O)(O)CCCCn1c(=Nc2nc3cc(Cl)ccc3s2)sc2ccc(Cl)cc21. The van der Waals surface area contributed by atoms with E-state index in [1.165, 1.54) is 22.7 Å². The summed E-state index contributed by atoms with van der Waals surface area (Å²) in [4.78, 5) is 10.0. The number of aromatic nitrogens is 2. The van der Waals surface area contributed by atoms with Gasteiger partial charge in [0.05, 0.1) is 26.2 Å². The summed E-state index contributed by atoms with van der Waals surface area (Å²) in [6, 6.07) is 11.2. The van der Waals surface area contributed by atoms with Crippen molar-refractivity contribution in [1.82, 2.24) is 9.55 Å². The third-order valence-electron chi connectivity index (χ3n) is 4.21. The van der Waals surface area contributed by atoms with Crippen molar-refractivity contribution in [3.8, 4) is 0 Å². The lowest BCUT2D eigenvalue weighted by Gasteiger charge is -2.05. The van der Waals surface area contributed by atoms with Crippen molar-refractivity contribution in [3.63, 3.8) is 0 Å². The van der Waals surface area contributed by atoms with Crippen molar-refractivity contribution < 1.29 is 13.0 Å². The highest BCUT2D eigenvalue weighted by atomic mass is 35.5. The molecule has 4 rings (SSSR count). The van der Waals surface area contributed by atoms with Crippen LogP contribution in [-0.4, -0.2) is 28.3 Å². The van der Waals surface area contributed by atoms with Gasteiger partial charge in [-0.15, -0.1) is 0 Å². The molecule has 0 unspecified atom stereocenters. The first-order valence-corrected chi connectivity index (χ1v) is 12.6. The van der Waals surface area contributed by atoms with Gasteiger partial charge in [-0.05, 0) is 49.2 Å². The molecule has 0 aliphatic carbocycles. The summed E-state index contributed by atoms with van der Waals surface area (Å²) in [5, 5.41) is 1.86. The van der Waals surface area contributed by atoms with Crippen molar-refractivity contribution in [2.24, 2.45) is 4.99 Å². The van der Waals surface area contributed by atoms with Crippen LogP contribution in [0.5, 0.6) is 0 Å². The maximum atomic E-state index is 11.0. The van der Waals surface area contributed by atoms with Crippen LogP contribution in [0, 0.1) is 0 Å². The number of fused-ring (bicyclic) bond motifs is 2. The summed E-state index contributed by atoms with van der Waals surface area (Å²) in [5.41, 5.74) is 1.72.